The summed E-state index contributed by atoms with van der Waals surface area (Å²) in [6, 6.07) is 74.2. The molecule has 0 aliphatic rings. The Morgan fingerprint density at radius 3 is 0.631 bits per heavy atom. The van der Waals surface area contributed by atoms with Gasteiger partial charge in [-0.3, -0.25) is 0 Å². The molecule has 0 saturated carbocycles. The third-order valence-corrected chi connectivity index (χ3v) is 16.2. The molecule has 0 spiro atoms. The maximum atomic E-state index is 12.6. The van der Waals surface area contributed by atoms with E-state index in [0.717, 1.165) is 66.9 Å². The number of nitrogens with two attached hydrogens (primary N) is 2. The Balaban J connectivity index is 0.000000242. The summed E-state index contributed by atoms with van der Waals surface area (Å²) >= 11 is 0. The molecule has 41 heteroatoms. The van der Waals surface area contributed by atoms with Crippen molar-refractivity contribution in [2.45, 2.75) is 37.5 Å². The summed E-state index contributed by atoms with van der Waals surface area (Å²) in [5.41, 5.74) is 18.8. The SMILES string of the molecule is Nc1ccc(N=Nc2ccc(C(F)(F)F)cc2)cc1.Nc1ccc(N=Nc2ccc(N=Nc3ccc(C(F)(F)F)cc3)cc2)cc1.O=S(=O)([O-])CNc1ccc(N=Nc2ccc(N=Nc3ccc(C(F)(F)F)cc3)cc2)cc1.O=S(=O)([O-])CNc1ccccc1.OCCCc1ccc(N=Nc2ccc(N=Nc3ccc(C(F)(F)F)cc3)cc2)cc1.[Na+].[Na+]. The molecule has 0 aliphatic heterocycles. The van der Waals surface area contributed by atoms with Crippen LogP contribution in [0.15, 0.2) is 369 Å². The van der Waals surface area contributed by atoms with Crippen molar-refractivity contribution in [2.75, 3.05) is 40.5 Å². The molecule has 0 atom stereocenters. The van der Waals surface area contributed by atoms with Crippen LogP contribution in [0.25, 0.3) is 0 Å². The Morgan fingerprint density at radius 2 is 0.443 bits per heavy atom. The number of para-hydroxylation sites is 1. The van der Waals surface area contributed by atoms with Gasteiger partial charge in [-0.2, -0.15) is 124 Å². The monoisotopic (exact) mass is 1740 g/mol. The first kappa shape index (κ1) is 98.8. The molecule has 25 nitrogen and oxygen atoms in total. The maximum Gasteiger partial charge on any atom is 1.00 e. The minimum Gasteiger partial charge on any atom is -0.747 e. The van der Waals surface area contributed by atoms with E-state index in [4.69, 9.17) is 16.6 Å². The van der Waals surface area contributed by atoms with Gasteiger partial charge in [-0.25, -0.2) is 16.8 Å². The van der Waals surface area contributed by atoms with E-state index in [-0.39, 0.29) is 71.4 Å². The van der Waals surface area contributed by atoms with Crippen LogP contribution in [0, 0.1) is 0 Å². The van der Waals surface area contributed by atoms with Crippen molar-refractivity contribution < 1.29 is 143 Å². The molecule has 0 unspecified atom stereocenters. The Morgan fingerprint density at radius 1 is 0.270 bits per heavy atom. The minimum atomic E-state index is -4.40. The maximum absolute atomic E-state index is 12.6. The molecule has 12 rings (SSSR count). The number of hydrogen-bond donors (Lipinski definition) is 5. The molecule has 0 heterocycles. The van der Waals surface area contributed by atoms with Crippen molar-refractivity contribution >= 4 is 123 Å². The van der Waals surface area contributed by atoms with E-state index >= 15 is 0 Å². The quantitative estimate of drug-likeness (QED) is 0.0132. The minimum absolute atomic E-state index is 0. The van der Waals surface area contributed by atoms with Gasteiger partial charge in [0, 0.05) is 29.4 Å². The van der Waals surface area contributed by atoms with Crippen LogP contribution >= 0.6 is 0 Å². The molecule has 0 saturated heterocycles. The van der Waals surface area contributed by atoms with Crippen LogP contribution in [0.5, 0.6) is 0 Å². The second kappa shape index (κ2) is 47.8. The molecule has 12 aromatic carbocycles. The number of rotatable bonds is 23. The summed E-state index contributed by atoms with van der Waals surface area (Å²) in [6.45, 7) is 0.168. The topological polar surface area (TPSA) is 384 Å². The van der Waals surface area contributed by atoms with Crippen molar-refractivity contribution in [3.8, 4) is 0 Å². The summed E-state index contributed by atoms with van der Waals surface area (Å²) in [5, 5.41) is 70.0. The van der Waals surface area contributed by atoms with Crippen LogP contribution in [0.4, 0.5) is 155 Å². The van der Waals surface area contributed by atoms with Crippen molar-refractivity contribution in [1.29, 1.82) is 0 Å². The summed E-state index contributed by atoms with van der Waals surface area (Å²) in [6.07, 6.45) is -15.9. The summed E-state index contributed by atoms with van der Waals surface area (Å²) in [4.78, 5) is 0. The third-order valence-electron chi connectivity index (χ3n) is 15.2. The van der Waals surface area contributed by atoms with Gasteiger partial charge in [0.1, 0.15) is 32.0 Å². The largest absolute Gasteiger partial charge is 1.00 e. The van der Waals surface area contributed by atoms with Crippen molar-refractivity contribution in [2.24, 2.45) is 71.6 Å². The van der Waals surface area contributed by atoms with E-state index in [2.05, 4.69) is 82.2 Å². The van der Waals surface area contributed by atoms with E-state index in [1.165, 1.54) is 48.5 Å². The smallest absolute Gasteiger partial charge is 0.747 e. The molecule has 0 bridgehead atoms. The molecule has 0 aliphatic carbocycles. The van der Waals surface area contributed by atoms with Crippen LogP contribution in [0.3, 0.4) is 0 Å². The number of azo groups is 7. The van der Waals surface area contributed by atoms with E-state index in [9.17, 15) is 78.6 Å². The Labute approximate surface area is 734 Å². The number of aliphatic hydroxyl groups is 1. The number of nitrogens with zero attached hydrogens (tertiary/aromatic N) is 14. The van der Waals surface area contributed by atoms with Gasteiger partial charge in [-0.1, -0.05) is 30.3 Å². The van der Waals surface area contributed by atoms with E-state index in [1.54, 1.807) is 176 Å². The van der Waals surface area contributed by atoms with Gasteiger partial charge in [0.2, 0.25) is 0 Å². The number of hydrogen-bond acceptors (Lipinski definition) is 25. The zero-order valence-corrected chi connectivity index (χ0v) is 69.6. The fourth-order valence-corrected chi connectivity index (χ4v) is 9.76. The second-order valence-electron chi connectivity index (χ2n) is 24.5. The predicted octanol–water partition coefficient (Wildman–Crippen LogP) is 20.3. The van der Waals surface area contributed by atoms with Gasteiger partial charge >= 0.3 is 83.8 Å². The van der Waals surface area contributed by atoms with Crippen molar-refractivity contribution in [3.05, 3.63) is 325 Å². The summed E-state index contributed by atoms with van der Waals surface area (Å²) in [7, 11) is -8.55. The van der Waals surface area contributed by atoms with Crippen LogP contribution < -0.4 is 81.2 Å². The fraction of sp³-hybridized carbons (Fsp3) is 0.111. The number of halogens is 12. The number of alkyl halides is 12. The second-order valence-corrected chi connectivity index (χ2v) is 27.3. The van der Waals surface area contributed by atoms with E-state index < -0.39 is 78.9 Å². The summed E-state index contributed by atoms with van der Waals surface area (Å²) in [5.74, 6) is -1.28. The van der Waals surface area contributed by atoms with Gasteiger partial charge < -0.3 is 36.3 Å². The van der Waals surface area contributed by atoms with Gasteiger partial charge in [0.25, 0.3) is 0 Å². The number of aliphatic hydroxyl groups excluding tert-OH is 1. The van der Waals surface area contributed by atoms with Crippen molar-refractivity contribution in [1.82, 2.24) is 0 Å². The van der Waals surface area contributed by atoms with Gasteiger partial charge in [-0.05, 0) is 285 Å². The average Bonchev–Trinajstić information content (AvgIpc) is 0.807. The number of nitrogens with one attached hydrogen (secondary N) is 2. The number of nitrogen functional groups attached to an aromatic ring is 2. The molecule has 0 radical (unpaired) electrons. The van der Waals surface area contributed by atoms with Crippen molar-refractivity contribution in [3.63, 3.8) is 0 Å². The zero-order valence-electron chi connectivity index (χ0n) is 64.0. The molecular formula is C81H66F12N18Na2O7S2. The number of benzene rings is 12. The number of anilines is 4. The van der Waals surface area contributed by atoms with Gasteiger partial charge in [-0.15, -0.1) is 0 Å². The predicted molar refractivity (Wildman–Crippen MR) is 427 cm³/mol. The first-order valence-electron chi connectivity index (χ1n) is 34.8. The van der Waals surface area contributed by atoms with E-state index in [1.807, 2.05) is 24.3 Å². The molecular weight excluding hydrogens is 1680 g/mol. The van der Waals surface area contributed by atoms with Crippen LogP contribution in [0.2, 0.25) is 0 Å². The fourth-order valence-electron chi connectivity index (χ4n) is 9.07. The zero-order chi connectivity index (χ0) is 86.8. The third kappa shape index (κ3) is 37.7. The van der Waals surface area contributed by atoms with Crippen LogP contribution in [-0.4, -0.2) is 49.4 Å². The molecule has 0 aromatic heterocycles. The Kier molecular flexibility index (Phi) is 38.7. The standard InChI is InChI=1S/C22H19F3N4O.C20H16F3N5O3S.C19H14F3N5.C13H10F3N3.C7H9NO3S.2Na/c23-22(24,25)17-5-9-19(10-6-17)27-29-21-13-11-20(12-14-21)28-26-18-7-3-16(4-8-18)2-1-15-30;21-20(22,23)14-1-3-16(4-2-14)25-27-18-9-11-19(12-10-18)28-26-17-7-5-15(6-8-17)24-13-32(29,30)31;20-19(21,22)13-1-5-15(6-2-13)24-26-17-9-11-18(12-10-17)27-25-16-7-3-14(23)4-8-16;14-13(15,16)9-1-5-11(6-2-9)18-19-12-7-3-10(17)4-8-12;9-12(10,11)6-8-7-4-2-1-3-5-7;;/h3-14,30H,1-2,15H2;1-12,24H,13H2,(H,29,30,31);1-12H,23H2;1-8H,17H2;1-5,8H,6H2,(H,9,10,11);;/q;;;;;2*+1/p-2. The Bertz CT molecular complexity index is 5670. The molecule has 12 aromatic rings. The number of aryl methyl sites for hydroxylation is 1. The van der Waals surface area contributed by atoms with Gasteiger partial charge in [0.05, 0.1) is 102 Å². The molecule has 0 fully saturated rings. The van der Waals surface area contributed by atoms with E-state index in [0.29, 0.717) is 96.7 Å². The van der Waals surface area contributed by atoms with Crippen LogP contribution in [0.1, 0.15) is 34.2 Å². The molecule has 7 N–H and O–H groups in total. The average molecular weight is 1740 g/mol. The first-order chi connectivity index (χ1) is 56.9. The van der Waals surface area contributed by atoms with Gasteiger partial charge in [0.15, 0.2) is 0 Å². The molecule has 0 amide bonds. The molecule has 122 heavy (non-hydrogen) atoms. The molecule has 620 valence electrons. The Hall–Kier alpha value is -12.0. The van der Waals surface area contributed by atoms with Crippen LogP contribution in [-0.2, 0) is 51.4 Å². The summed E-state index contributed by atoms with van der Waals surface area (Å²) < 4.78 is 212. The normalized spacial score (nSPS) is 11.9. The first-order valence-corrected chi connectivity index (χ1v) is 37.9.